The molecule has 2 saturated heterocycles. The van der Waals surface area contributed by atoms with Gasteiger partial charge in [0.1, 0.15) is 0 Å². The molecule has 3 N–H and O–H groups in total. The van der Waals surface area contributed by atoms with Crippen molar-refractivity contribution in [3.8, 4) is 0 Å². The van der Waals surface area contributed by atoms with Crippen molar-refractivity contribution in [1.29, 1.82) is 0 Å². The molecule has 3 unspecified atom stereocenters. The van der Waals surface area contributed by atoms with Crippen LogP contribution in [-0.2, 0) is 9.47 Å². The molecule has 19 heavy (non-hydrogen) atoms. The average molecular weight is 262 g/mol. The van der Waals surface area contributed by atoms with Gasteiger partial charge >= 0.3 is 5.97 Å². The quantitative estimate of drug-likeness (QED) is 0.641. The van der Waals surface area contributed by atoms with E-state index in [2.05, 4.69) is 5.32 Å². The number of carbonyl (C=O) groups is 1. The molecule has 102 valence electrons. The van der Waals surface area contributed by atoms with E-state index in [1.165, 1.54) is 7.11 Å². The standard InChI is InChI=1S/C14H18N2O3/c1-18-14(17)8-2-4-10(15)11(6-8)16-12-7-9-3-5-13(12)19-9/h2,4,6,9,12-13,16H,3,5,7,15H2,1H3. The number of benzene rings is 1. The van der Waals surface area contributed by atoms with E-state index in [4.69, 9.17) is 15.2 Å². The van der Waals surface area contributed by atoms with Gasteiger partial charge in [-0.05, 0) is 37.5 Å². The van der Waals surface area contributed by atoms with E-state index in [1.807, 2.05) is 0 Å². The highest BCUT2D eigenvalue weighted by molar-refractivity contribution is 5.92. The Morgan fingerprint density at radius 2 is 2.32 bits per heavy atom. The van der Waals surface area contributed by atoms with Gasteiger partial charge in [0, 0.05) is 0 Å². The molecule has 0 aromatic heterocycles. The lowest BCUT2D eigenvalue weighted by atomic mass is 9.95. The van der Waals surface area contributed by atoms with Gasteiger partial charge in [0.05, 0.1) is 42.3 Å². The monoisotopic (exact) mass is 262 g/mol. The Bertz CT molecular complexity index is 503. The highest BCUT2D eigenvalue weighted by atomic mass is 16.5. The maximum Gasteiger partial charge on any atom is 0.337 e. The van der Waals surface area contributed by atoms with Crippen LogP contribution in [0.15, 0.2) is 18.2 Å². The fourth-order valence-electron chi connectivity index (χ4n) is 2.92. The van der Waals surface area contributed by atoms with Crippen LogP contribution in [0.1, 0.15) is 29.6 Å². The number of carbonyl (C=O) groups excluding carboxylic acids is 1. The predicted molar refractivity (Wildman–Crippen MR) is 72.1 cm³/mol. The van der Waals surface area contributed by atoms with Gasteiger partial charge in [-0.1, -0.05) is 0 Å². The Labute approximate surface area is 112 Å². The summed E-state index contributed by atoms with van der Waals surface area (Å²) >= 11 is 0. The van der Waals surface area contributed by atoms with Crippen LogP contribution >= 0.6 is 0 Å². The highest BCUT2D eigenvalue weighted by Crippen LogP contribution is 2.36. The number of methoxy groups -OCH3 is 1. The number of esters is 1. The molecule has 0 saturated carbocycles. The minimum Gasteiger partial charge on any atom is -0.465 e. The van der Waals surface area contributed by atoms with Crippen LogP contribution in [0, 0.1) is 0 Å². The minimum absolute atomic E-state index is 0.270. The molecule has 2 fully saturated rings. The summed E-state index contributed by atoms with van der Waals surface area (Å²) < 4.78 is 10.5. The summed E-state index contributed by atoms with van der Waals surface area (Å²) in [5, 5.41) is 3.40. The summed E-state index contributed by atoms with van der Waals surface area (Å²) in [4.78, 5) is 11.5. The van der Waals surface area contributed by atoms with Crippen molar-refractivity contribution in [3.05, 3.63) is 23.8 Å². The summed E-state index contributed by atoms with van der Waals surface area (Å²) in [5.74, 6) is -0.354. The van der Waals surface area contributed by atoms with Gasteiger partial charge in [-0.2, -0.15) is 0 Å². The number of fused-ring (bicyclic) bond motifs is 2. The van der Waals surface area contributed by atoms with Gasteiger partial charge in [-0.3, -0.25) is 0 Å². The third kappa shape index (κ3) is 2.26. The summed E-state index contributed by atoms with van der Waals surface area (Å²) in [6, 6.07) is 5.42. The first-order chi connectivity index (χ1) is 9.17. The van der Waals surface area contributed by atoms with Crippen LogP contribution < -0.4 is 11.1 Å². The summed E-state index contributed by atoms with van der Waals surface area (Å²) in [6.45, 7) is 0. The zero-order valence-corrected chi connectivity index (χ0v) is 10.9. The molecule has 3 rings (SSSR count). The Balaban J connectivity index is 1.78. The summed E-state index contributed by atoms with van der Waals surface area (Å²) in [7, 11) is 1.37. The molecule has 5 nitrogen and oxygen atoms in total. The lowest BCUT2D eigenvalue weighted by Gasteiger charge is -2.22. The second kappa shape index (κ2) is 4.74. The van der Waals surface area contributed by atoms with Gasteiger partial charge in [0.25, 0.3) is 0 Å². The average Bonchev–Trinajstić information content (AvgIpc) is 3.02. The number of ether oxygens (including phenoxy) is 2. The molecule has 0 amide bonds. The van der Waals surface area contributed by atoms with Crippen molar-refractivity contribution in [2.75, 3.05) is 18.2 Å². The van der Waals surface area contributed by atoms with E-state index in [1.54, 1.807) is 18.2 Å². The SMILES string of the molecule is COC(=O)c1ccc(N)c(NC2CC3CCC2O3)c1. The minimum atomic E-state index is -0.354. The number of nitrogen functional groups attached to an aromatic ring is 1. The van der Waals surface area contributed by atoms with Crippen LogP contribution in [0.25, 0.3) is 0 Å². The summed E-state index contributed by atoms with van der Waals surface area (Å²) in [5.41, 5.74) is 7.87. The number of hydrogen-bond acceptors (Lipinski definition) is 5. The van der Waals surface area contributed by atoms with E-state index in [0.717, 1.165) is 24.9 Å². The second-order valence-electron chi connectivity index (χ2n) is 5.15. The Kier molecular flexibility index (Phi) is 3.06. The van der Waals surface area contributed by atoms with Crippen LogP contribution in [0.4, 0.5) is 11.4 Å². The number of hydrogen-bond donors (Lipinski definition) is 2. The van der Waals surface area contributed by atoms with Crippen LogP contribution in [0.5, 0.6) is 0 Å². The third-order valence-corrected chi connectivity index (χ3v) is 3.92. The predicted octanol–water partition coefficient (Wildman–Crippen LogP) is 1.79. The molecule has 2 heterocycles. The Morgan fingerprint density at radius 3 is 2.95 bits per heavy atom. The fourth-order valence-corrected chi connectivity index (χ4v) is 2.92. The zero-order valence-electron chi connectivity index (χ0n) is 10.9. The van der Waals surface area contributed by atoms with Gasteiger partial charge in [-0.15, -0.1) is 0 Å². The molecule has 2 aliphatic rings. The van der Waals surface area contributed by atoms with E-state index < -0.39 is 0 Å². The van der Waals surface area contributed by atoms with Gasteiger partial charge < -0.3 is 20.5 Å². The first kappa shape index (κ1) is 12.3. The lowest BCUT2D eigenvalue weighted by molar-refractivity contribution is 0.0601. The molecular weight excluding hydrogens is 244 g/mol. The largest absolute Gasteiger partial charge is 0.465 e. The Morgan fingerprint density at radius 1 is 1.47 bits per heavy atom. The van der Waals surface area contributed by atoms with Gasteiger partial charge in [0.15, 0.2) is 0 Å². The van der Waals surface area contributed by atoms with Crippen molar-refractivity contribution in [2.45, 2.75) is 37.5 Å². The summed E-state index contributed by atoms with van der Waals surface area (Å²) in [6.07, 6.45) is 3.91. The molecule has 2 bridgehead atoms. The molecule has 0 spiro atoms. The van der Waals surface area contributed by atoms with Crippen molar-refractivity contribution < 1.29 is 14.3 Å². The first-order valence-corrected chi connectivity index (χ1v) is 6.57. The second-order valence-corrected chi connectivity index (χ2v) is 5.15. The van der Waals surface area contributed by atoms with Crippen molar-refractivity contribution in [1.82, 2.24) is 0 Å². The maximum atomic E-state index is 11.5. The molecular formula is C14H18N2O3. The smallest absolute Gasteiger partial charge is 0.337 e. The van der Waals surface area contributed by atoms with E-state index >= 15 is 0 Å². The molecule has 5 heteroatoms. The molecule has 3 atom stereocenters. The van der Waals surface area contributed by atoms with E-state index in [-0.39, 0.29) is 18.1 Å². The van der Waals surface area contributed by atoms with Crippen molar-refractivity contribution in [2.24, 2.45) is 0 Å². The first-order valence-electron chi connectivity index (χ1n) is 6.57. The number of nitrogens with two attached hydrogens (primary N) is 1. The van der Waals surface area contributed by atoms with Gasteiger partial charge in [-0.25, -0.2) is 4.79 Å². The third-order valence-electron chi connectivity index (χ3n) is 3.92. The fraction of sp³-hybridized carbons (Fsp3) is 0.500. The van der Waals surface area contributed by atoms with Crippen LogP contribution in [0.3, 0.4) is 0 Å². The van der Waals surface area contributed by atoms with E-state index in [9.17, 15) is 4.79 Å². The Hall–Kier alpha value is -1.75. The van der Waals surface area contributed by atoms with Crippen LogP contribution in [0.2, 0.25) is 0 Å². The normalized spacial score (nSPS) is 28.4. The number of anilines is 2. The molecule has 1 aromatic carbocycles. The van der Waals surface area contributed by atoms with Gasteiger partial charge in [0.2, 0.25) is 0 Å². The van der Waals surface area contributed by atoms with Crippen LogP contribution in [-0.4, -0.2) is 31.3 Å². The molecule has 0 aliphatic carbocycles. The number of nitrogens with one attached hydrogen (secondary N) is 1. The zero-order chi connectivity index (χ0) is 13.4. The maximum absolute atomic E-state index is 11.5. The lowest BCUT2D eigenvalue weighted by Crippen LogP contribution is -2.30. The molecule has 0 radical (unpaired) electrons. The topological polar surface area (TPSA) is 73.6 Å². The van der Waals surface area contributed by atoms with Crippen molar-refractivity contribution >= 4 is 17.3 Å². The highest BCUT2D eigenvalue weighted by Gasteiger charge is 2.40. The van der Waals surface area contributed by atoms with E-state index in [0.29, 0.717) is 17.4 Å². The molecule has 1 aromatic rings. The van der Waals surface area contributed by atoms with Crippen molar-refractivity contribution in [3.63, 3.8) is 0 Å². The molecule has 2 aliphatic heterocycles. The number of rotatable bonds is 3.